The van der Waals surface area contributed by atoms with Crippen molar-refractivity contribution in [3.05, 3.63) is 47.3 Å². The second-order valence-corrected chi connectivity index (χ2v) is 6.31. The molecule has 4 rings (SSSR count). The second kappa shape index (κ2) is 6.33. The molecular weight excluding hydrogens is 326 g/mol. The van der Waals surface area contributed by atoms with E-state index in [1.807, 2.05) is 37.4 Å². The van der Waals surface area contributed by atoms with Gasteiger partial charge in [-0.2, -0.15) is 0 Å². The Morgan fingerprint density at radius 2 is 2.00 bits per heavy atom. The van der Waals surface area contributed by atoms with Crippen LogP contribution in [-0.2, 0) is 0 Å². The van der Waals surface area contributed by atoms with Gasteiger partial charge in [-0.3, -0.25) is 0 Å². The summed E-state index contributed by atoms with van der Waals surface area (Å²) in [7, 11) is 3.58. The van der Waals surface area contributed by atoms with Crippen molar-refractivity contribution < 1.29 is 14.1 Å². The van der Waals surface area contributed by atoms with Gasteiger partial charge >= 0.3 is 0 Å². The minimum atomic E-state index is 0.744. The lowest BCUT2D eigenvalue weighted by Gasteiger charge is -2.13. The van der Waals surface area contributed by atoms with Gasteiger partial charge in [0.05, 0.1) is 18.6 Å². The zero-order valence-corrected chi connectivity index (χ0v) is 15.4. The Labute approximate surface area is 151 Å². The number of aromatic nitrogens is 1. The van der Waals surface area contributed by atoms with Crippen LogP contribution in [0.4, 0.5) is 5.69 Å². The van der Waals surface area contributed by atoms with Gasteiger partial charge in [0.1, 0.15) is 24.0 Å². The number of fused-ring (bicyclic) bond motifs is 4. The molecule has 1 aliphatic carbocycles. The maximum absolute atomic E-state index is 6.23. The van der Waals surface area contributed by atoms with Crippen LogP contribution in [0.5, 0.6) is 5.75 Å². The van der Waals surface area contributed by atoms with Crippen LogP contribution in [0.25, 0.3) is 33.3 Å². The number of hydrogen-bond acceptors (Lipinski definition) is 4. The second-order valence-electron chi connectivity index (χ2n) is 6.31. The standard InChI is InChI=1S/C21H21N3O2/c1-5-23-16-10-19-18(8-12(16)2)24-21-15-9-13(25-4)6-7-14(15)17(22-3)11-20(21)26-19/h6-11,23H,5H2,1-4H3/p+1. The van der Waals surface area contributed by atoms with Crippen LogP contribution < -0.4 is 20.4 Å². The van der Waals surface area contributed by atoms with Crippen LogP contribution in [0.2, 0.25) is 0 Å². The van der Waals surface area contributed by atoms with Gasteiger partial charge in [0.2, 0.25) is 5.36 Å². The quantitative estimate of drug-likeness (QED) is 0.441. The van der Waals surface area contributed by atoms with E-state index < -0.39 is 0 Å². The van der Waals surface area contributed by atoms with Crippen molar-refractivity contribution in [3.8, 4) is 17.2 Å². The van der Waals surface area contributed by atoms with Crippen LogP contribution in [0, 0.1) is 6.92 Å². The van der Waals surface area contributed by atoms with Gasteiger partial charge in [0.25, 0.3) is 0 Å². The Morgan fingerprint density at radius 3 is 2.73 bits per heavy atom. The molecule has 0 saturated carbocycles. The smallest absolute Gasteiger partial charge is 0.209 e. The molecule has 2 aromatic carbocycles. The number of rotatable bonds is 3. The van der Waals surface area contributed by atoms with Gasteiger partial charge in [0, 0.05) is 23.7 Å². The van der Waals surface area contributed by atoms with Gasteiger partial charge in [-0.1, -0.05) is 0 Å². The van der Waals surface area contributed by atoms with Crippen molar-refractivity contribution in [1.29, 1.82) is 0 Å². The fourth-order valence-corrected chi connectivity index (χ4v) is 3.35. The van der Waals surface area contributed by atoms with Gasteiger partial charge < -0.3 is 14.5 Å². The molecule has 0 saturated heterocycles. The SMILES string of the molecule is CCNc1cc2oc3cc(=[NH+]C)c4ccc(OC)cc4c-3nc2cc1C. The monoisotopic (exact) mass is 348 g/mol. The maximum Gasteiger partial charge on any atom is 0.209 e. The number of nitrogens with one attached hydrogen (secondary N) is 2. The highest BCUT2D eigenvalue weighted by Crippen LogP contribution is 2.33. The number of hydrogen-bond donors (Lipinski definition) is 2. The van der Waals surface area contributed by atoms with Crippen molar-refractivity contribution in [2.24, 2.45) is 0 Å². The predicted molar refractivity (Wildman–Crippen MR) is 104 cm³/mol. The van der Waals surface area contributed by atoms with Crippen molar-refractivity contribution in [1.82, 2.24) is 4.98 Å². The van der Waals surface area contributed by atoms with Crippen LogP contribution in [-0.4, -0.2) is 25.7 Å². The third-order valence-corrected chi connectivity index (χ3v) is 4.68. The topological polar surface area (TPSA) is 61.3 Å². The van der Waals surface area contributed by atoms with Crippen LogP contribution in [0.1, 0.15) is 12.5 Å². The highest BCUT2D eigenvalue weighted by atomic mass is 16.5. The number of methoxy groups -OCH3 is 1. The van der Waals surface area contributed by atoms with E-state index in [2.05, 4.69) is 30.2 Å². The highest BCUT2D eigenvalue weighted by Gasteiger charge is 2.18. The molecule has 5 nitrogen and oxygen atoms in total. The predicted octanol–water partition coefficient (Wildman–Crippen LogP) is 2.45. The zero-order chi connectivity index (χ0) is 18.3. The first-order valence-corrected chi connectivity index (χ1v) is 8.75. The Morgan fingerprint density at radius 1 is 1.15 bits per heavy atom. The minimum Gasteiger partial charge on any atom is -0.497 e. The number of aryl methyl sites for hydroxylation is 1. The number of anilines is 1. The molecule has 0 radical (unpaired) electrons. The van der Waals surface area contributed by atoms with Gasteiger partial charge in [-0.25, -0.2) is 9.98 Å². The molecule has 0 atom stereocenters. The van der Waals surface area contributed by atoms with Crippen molar-refractivity contribution in [2.75, 3.05) is 26.0 Å². The number of ether oxygens (including phenoxy) is 1. The average molecular weight is 348 g/mol. The lowest BCUT2D eigenvalue weighted by Crippen LogP contribution is -2.71. The van der Waals surface area contributed by atoms with Crippen molar-refractivity contribution in [2.45, 2.75) is 13.8 Å². The molecule has 0 amide bonds. The third-order valence-electron chi connectivity index (χ3n) is 4.68. The molecule has 1 aliphatic heterocycles. The molecule has 132 valence electrons. The van der Waals surface area contributed by atoms with Crippen molar-refractivity contribution in [3.63, 3.8) is 0 Å². The third kappa shape index (κ3) is 2.56. The molecule has 2 aliphatic rings. The molecule has 0 spiro atoms. The fourth-order valence-electron chi connectivity index (χ4n) is 3.35. The largest absolute Gasteiger partial charge is 0.497 e. The first-order chi connectivity index (χ1) is 12.6. The fraction of sp³-hybridized carbons (Fsp3) is 0.238. The Hall–Kier alpha value is -3.08. The normalized spacial score (nSPS) is 12.2. The van der Waals surface area contributed by atoms with E-state index in [-0.39, 0.29) is 0 Å². The average Bonchev–Trinajstić information content (AvgIpc) is 2.66. The molecule has 5 heteroatoms. The summed E-state index contributed by atoms with van der Waals surface area (Å²) in [5, 5.41) is 6.46. The summed E-state index contributed by atoms with van der Waals surface area (Å²) in [6.45, 7) is 5.02. The molecule has 2 N–H and O–H groups in total. The number of nitrogens with zero attached hydrogens (tertiary/aromatic N) is 1. The summed E-state index contributed by atoms with van der Waals surface area (Å²) >= 11 is 0. The maximum atomic E-state index is 6.23. The van der Waals surface area contributed by atoms with E-state index in [0.717, 1.165) is 62.2 Å². The van der Waals surface area contributed by atoms with Crippen LogP contribution in [0.15, 0.2) is 40.8 Å². The first-order valence-electron chi connectivity index (χ1n) is 8.75. The van der Waals surface area contributed by atoms with Crippen LogP contribution >= 0.6 is 0 Å². The van der Waals surface area contributed by atoms with E-state index >= 15 is 0 Å². The molecule has 0 aromatic heterocycles. The lowest BCUT2D eigenvalue weighted by atomic mass is 10.0. The summed E-state index contributed by atoms with van der Waals surface area (Å²) in [6.07, 6.45) is 0. The molecule has 0 unspecified atom stereocenters. The molecule has 26 heavy (non-hydrogen) atoms. The molecular formula is C21H22N3O2+. The van der Waals surface area contributed by atoms with Gasteiger partial charge in [-0.15, -0.1) is 0 Å². The number of benzene rings is 3. The Bertz CT molecular complexity index is 1160. The minimum absolute atomic E-state index is 0.744. The zero-order valence-electron chi connectivity index (χ0n) is 15.4. The first kappa shape index (κ1) is 16.4. The van der Waals surface area contributed by atoms with E-state index in [4.69, 9.17) is 14.1 Å². The van der Waals surface area contributed by atoms with E-state index in [0.29, 0.717) is 0 Å². The Balaban J connectivity index is 2.11. The molecule has 0 fully saturated rings. The van der Waals surface area contributed by atoms with Gasteiger partial charge in [0.15, 0.2) is 11.3 Å². The summed E-state index contributed by atoms with van der Waals surface area (Å²) in [6, 6.07) is 12.1. The van der Waals surface area contributed by atoms with E-state index in [1.54, 1.807) is 7.11 Å². The lowest BCUT2D eigenvalue weighted by molar-refractivity contribution is -0.464. The highest BCUT2D eigenvalue weighted by molar-refractivity contribution is 5.97. The van der Waals surface area contributed by atoms with E-state index in [9.17, 15) is 0 Å². The van der Waals surface area contributed by atoms with E-state index in [1.165, 1.54) is 0 Å². The summed E-state index contributed by atoms with van der Waals surface area (Å²) in [5.74, 6) is 1.54. The van der Waals surface area contributed by atoms with Crippen LogP contribution in [0.3, 0.4) is 0 Å². The summed E-state index contributed by atoms with van der Waals surface area (Å²) in [4.78, 5) is 8.16. The molecule has 0 bridgehead atoms. The molecule has 2 aromatic rings. The molecule has 1 heterocycles. The van der Waals surface area contributed by atoms with Gasteiger partial charge in [-0.05, 0) is 43.7 Å². The summed E-state index contributed by atoms with van der Waals surface area (Å²) < 4.78 is 11.6. The summed E-state index contributed by atoms with van der Waals surface area (Å²) in [5.41, 5.74) is 4.67. The Kier molecular flexibility index (Phi) is 3.99. The van der Waals surface area contributed by atoms with Crippen molar-refractivity contribution >= 4 is 27.6 Å².